The molecule has 0 saturated heterocycles. The first-order valence-electron chi connectivity index (χ1n) is 8.31. The van der Waals surface area contributed by atoms with Crippen LogP contribution in [-0.2, 0) is 4.74 Å². The summed E-state index contributed by atoms with van der Waals surface area (Å²) < 4.78 is 7.69. The van der Waals surface area contributed by atoms with Crippen LogP contribution in [0, 0.1) is 0 Å². The highest BCUT2D eigenvalue weighted by atomic mass is 79.9. The Morgan fingerprint density at radius 1 is 1.22 bits per heavy atom. The molecule has 0 amide bonds. The lowest BCUT2D eigenvalue weighted by Gasteiger charge is -2.16. The first-order chi connectivity index (χ1) is 13.1. The molecule has 1 atom stereocenters. The molecule has 8 heteroatoms. The largest absolute Gasteiger partial charge is 0.464 e. The van der Waals surface area contributed by atoms with Gasteiger partial charge in [0.25, 0.3) is 0 Å². The molecule has 1 aromatic carbocycles. The van der Waals surface area contributed by atoms with E-state index in [9.17, 15) is 4.79 Å². The molecule has 0 aliphatic heterocycles. The van der Waals surface area contributed by atoms with E-state index in [0.717, 1.165) is 27.0 Å². The minimum atomic E-state index is -0.483. The molecular formula is C19H16BrN5O2. The normalized spacial score (nSPS) is 12.3. The monoisotopic (exact) mass is 425 g/mol. The zero-order valence-corrected chi connectivity index (χ0v) is 16.3. The van der Waals surface area contributed by atoms with Gasteiger partial charge in [0.2, 0.25) is 0 Å². The third kappa shape index (κ3) is 3.23. The van der Waals surface area contributed by atoms with Crippen LogP contribution in [0.15, 0.2) is 53.1 Å². The van der Waals surface area contributed by atoms with Gasteiger partial charge in [0.05, 0.1) is 18.7 Å². The molecule has 7 nitrogen and oxygen atoms in total. The molecule has 4 rings (SSSR count). The van der Waals surface area contributed by atoms with Gasteiger partial charge in [-0.1, -0.05) is 22.0 Å². The molecule has 0 fully saturated rings. The second-order valence-corrected chi connectivity index (χ2v) is 6.98. The fraction of sp³-hybridized carbons (Fsp3) is 0.158. The number of nitrogens with zero attached hydrogens (tertiary/aromatic N) is 4. The molecule has 0 spiro atoms. The molecular weight excluding hydrogens is 410 g/mol. The standard InChI is InChI=1S/C19H16BrN5O2/c1-11(18-24-23-17-5-3-4-8-25(17)18)21-15-10-16(19(26)27-2)22-14-7-6-12(20)9-13(14)15/h3-11H,1-2H3,(H,21,22). The summed E-state index contributed by atoms with van der Waals surface area (Å²) in [6.07, 6.45) is 1.92. The Balaban J connectivity index is 1.79. The van der Waals surface area contributed by atoms with E-state index in [1.54, 1.807) is 6.07 Å². The van der Waals surface area contributed by atoms with Gasteiger partial charge in [-0.25, -0.2) is 9.78 Å². The number of esters is 1. The fourth-order valence-electron chi connectivity index (χ4n) is 2.98. The van der Waals surface area contributed by atoms with E-state index in [0.29, 0.717) is 5.52 Å². The maximum Gasteiger partial charge on any atom is 0.356 e. The number of nitrogens with one attached hydrogen (secondary N) is 1. The van der Waals surface area contributed by atoms with Gasteiger partial charge in [-0.15, -0.1) is 10.2 Å². The second-order valence-electron chi connectivity index (χ2n) is 6.06. The number of pyridine rings is 2. The maximum absolute atomic E-state index is 12.0. The summed E-state index contributed by atoms with van der Waals surface area (Å²) >= 11 is 3.49. The maximum atomic E-state index is 12.0. The Morgan fingerprint density at radius 3 is 2.89 bits per heavy atom. The van der Waals surface area contributed by atoms with Gasteiger partial charge in [-0.2, -0.15) is 0 Å². The number of hydrogen-bond acceptors (Lipinski definition) is 6. The highest BCUT2D eigenvalue weighted by Gasteiger charge is 2.17. The molecule has 3 heterocycles. The number of fused-ring (bicyclic) bond motifs is 2. The van der Waals surface area contributed by atoms with Crippen LogP contribution in [0.2, 0.25) is 0 Å². The van der Waals surface area contributed by atoms with Crippen molar-refractivity contribution >= 4 is 44.1 Å². The van der Waals surface area contributed by atoms with Crippen LogP contribution in [0.5, 0.6) is 0 Å². The number of anilines is 1. The molecule has 3 aromatic heterocycles. The summed E-state index contributed by atoms with van der Waals surface area (Å²) in [6, 6.07) is 13.0. The topological polar surface area (TPSA) is 81.4 Å². The number of rotatable bonds is 4. The van der Waals surface area contributed by atoms with E-state index in [-0.39, 0.29) is 11.7 Å². The van der Waals surface area contributed by atoms with E-state index in [1.165, 1.54) is 7.11 Å². The first-order valence-corrected chi connectivity index (χ1v) is 9.11. The quantitative estimate of drug-likeness (QED) is 0.497. The number of aromatic nitrogens is 4. The number of hydrogen-bond donors (Lipinski definition) is 1. The van der Waals surface area contributed by atoms with Crippen molar-refractivity contribution in [1.29, 1.82) is 0 Å². The minimum Gasteiger partial charge on any atom is -0.464 e. The molecule has 0 saturated carbocycles. The van der Waals surface area contributed by atoms with Crippen LogP contribution >= 0.6 is 15.9 Å². The first kappa shape index (κ1) is 17.4. The van der Waals surface area contributed by atoms with Crippen molar-refractivity contribution in [2.45, 2.75) is 13.0 Å². The third-order valence-corrected chi connectivity index (χ3v) is 4.76. The molecule has 136 valence electrons. The number of benzene rings is 1. The van der Waals surface area contributed by atoms with E-state index in [4.69, 9.17) is 4.74 Å². The smallest absolute Gasteiger partial charge is 0.356 e. The zero-order chi connectivity index (χ0) is 19.0. The highest BCUT2D eigenvalue weighted by Crippen LogP contribution is 2.29. The third-order valence-electron chi connectivity index (χ3n) is 4.26. The van der Waals surface area contributed by atoms with Crippen molar-refractivity contribution in [3.8, 4) is 0 Å². The van der Waals surface area contributed by atoms with Crippen molar-refractivity contribution in [1.82, 2.24) is 19.6 Å². The van der Waals surface area contributed by atoms with E-state index in [1.807, 2.05) is 53.9 Å². The van der Waals surface area contributed by atoms with Gasteiger partial charge in [0.1, 0.15) is 0 Å². The predicted octanol–water partition coefficient (Wildman–Crippen LogP) is 4.00. The SMILES string of the molecule is COC(=O)c1cc(NC(C)c2nnc3ccccn23)c2cc(Br)ccc2n1. The number of halogens is 1. The van der Waals surface area contributed by atoms with Gasteiger partial charge in [0.15, 0.2) is 17.2 Å². The van der Waals surface area contributed by atoms with E-state index in [2.05, 4.69) is 36.4 Å². The Bertz CT molecular complexity index is 1160. The minimum absolute atomic E-state index is 0.155. The van der Waals surface area contributed by atoms with E-state index < -0.39 is 5.97 Å². The summed E-state index contributed by atoms with van der Waals surface area (Å²) in [5, 5.41) is 12.8. The van der Waals surface area contributed by atoms with Crippen molar-refractivity contribution in [3.05, 3.63) is 64.7 Å². The molecule has 0 radical (unpaired) electrons. The summed E-state index contributed by atoms with van der Waals surface area (Å²) in [7, 11) is 1.34. The van der Waals surface area contributed by atoms with Crippen LogP contribution in [-0.4, -0.2) is 32.7 Å². The lowest BCUT2D eigenvalue weighted by Crippen LogP contribution is -2.12. The van der Waals surface area contributed by atoms with Crippen LogP contribution < -0.4 is 5.32 Å². The fourth-order valence-corrected chi connectivity index (χ4v) is 3.34. The second kappa shape index (κ2) is 6.96. The Kier molecular flexibility index (Phi) is 4.49. The van der Waals surface area contributed by atoms with Crippen LogP contribution in [0.1, 0.15) is 29.3 Å². The van der Waals surface area contributed by atoms with Gasteiger partial charge >= 0.3 is 5.97 Å². The van der Waals surface area contributed by atoms with Crippen LogP contribution in [0.25, 0.3) is 16.6 Å². The number of methoxy groups -OCH3 is 1. The lowest BCUT2D eigenvalue weighted by molar-refractivity contribution is 0.0594. The Hall–Kier alpha value is -3.00. The predicted molar refractivity (Wildman–Crippen MR) is 106 cm³/mol. The van der Waals surface area contributed by atoms with Gasteiger partial charge in [-0.3, -0.25) is 4.40 Å². The molecule has 0 aliphatic carbocycles. The molecule has 0 bridgehead atoms. The van der Waals surface area contributed by atoms with Crippen molar-refractivity contribution < 1.29 is 9.53 Å². The molecule has 27 heavy (non-hydrogen) atoms. The Labute approximate surface area is 163 Å². The summed E-state index contributed by atoms with van der Waals surface area (Å²) in [4.78, 5) is 16.4. The van der Waals surface area contributed by atoms with Crippen molar-refractivity contribution in [3.63, 3.8) is 0 Å². The number of ether oxygens (including phenoxy) is 1. The van der Waals surface area contributed by atoms with Crippen molar-refractivity contribution in [2.24, 2.45) is 0 Å². The highest BCUT2D eigenvalue weighted by molar-refractivity contribution is 9.10. The Morgan fingerprint density at radius 2 is 2.07 bits per heavy atom. The number of carbonyl (C=O) groups is 1. The van der Waals surface area contributed by atoms with Crippen LogP contribution in [0.3, 0.4) is 0 Å². The number of carbonyl (C=O) groups excluding carboxylic acids is 1. The summed E-state index contributed by atoms with van der Waals surface area (Å²) in [5.74, 6) is 0.286. The van der Waals surface area contributed by atoms with Gasteiger partial charge in [0, 0.05) is 21.7 Å². The van der Waals surface area contributed by atoms with E-state index >= 15 is 0 Å². The average Bonchev–Trinajstić information content (AvgIpc) is 3.11. The van der Waals surface area contributed by atoms with Crippen molar-refractivity contribution in [2.75, 3.05) is 12.4 Å². The zero-order valence-electron chi connectivity index (χ0n) is 14.7. The van der Waals surface area contributed by atoms with Gasteiger partial charge < -0.3 is 10.1 Å². The summed E-state index contributed by atoms with van der Waals surface area (Å²) in [5.41, 5.74) is 2.48. The molecule has 1 N–H and O–H groups in total. The molecule has 4 aromatic rings. The summed E-state index contributed by atoms with van der Waals surface area (Å²) in [6.45, 7) is 1.99. The lowest BCUT2D eigenvalue weighted by atomic mass is 10.1. The van der Waals surface area contributed by atoms with Crippen LogP contribution in [0.4, 0.5) is 5.69 Å². The van der Waals surface area contributed by atoms with Gasteiger partial charge in [-0.05, 0) is 43.3 Å². The molecule has 1 unspecified atom stereocenters. The average molecular weight is 426 g/mol. The molecule has 0 aliphatic rings.